The summed E-state index contributed by atoms with van der Waals surface area (Å²) in [5.41, 5.74) is 2.38. The largest absolute Gasteiger partial charge is 0.481 e. The highest BCUT2D eigenvalue weighted by molar-refractivity contribution is 5.73. The molecule has 0 aliphatic carbocycles. The number of imidazole rings is 1. The lowest BCUT2D eigenvalue weighted by atomic mass is 10.1. The standard InChI is InChI=1S/C18H22N6O3/c1-11-8-15(26-3)19-9-13(11)21-17-20-10-14-16(22-17)24(18(25)23(14)2)12-4-6-27-7-5-12/h8-10,12H,4-7H2,1-3H3,(H,20,21,22)/i3D3. The molecule has 0 atom stereocenters. The number of ether oxygens (including phenoxy) is 2. The number of nitrogens with zero attached hydrogens (tertiary/aromatic N) is 5. The molecule has 1 aliphatic heterocycles. The Morgan fingerprint density at radius 3 is 2.89 bits per heavy atom. The van der Waals surface area contributed by atoms with Gasteiger partial charge in [-0.05, 0) is 25.3 Å². The second kappa shape index (κ2) is 6.99. The molecule has 4 heterocycles. The summed E-state index contributed by atoms with van der Waals surface area (Å²) in [5.74, 6) is 0.314. The molecule has 3 aromatic rings. The number of aryl methyl sites for hydroxylation is 2. The molecule has 1 saturated heterocycles. The average molecular weight is 373 g/mol. The number of methoxy groups -OCH3 is 1. The Hall–Kier alpha value is -2.94. The van der Waals surface area contributed by atoms with Gasteiger partial charge in [0.1, 0.15) is 5.52 Å². The van der Waals surface area contributed by atoms with Crippen molar-refractivity contribution < 1.29 is 13.6 Å². The maximum absolute atomic E-state index is 12.8. The van der Waals surface area contributed by atoms with E-state index in [-0.39, 0.29) is 17.6 Å². The van der Waals surface area contributed by atoms with Crippen LogP contribution in [0.4, 0.5) is 11.6 Å². The average Bonchev–Trinajstić information content (AvgIpc) is 2.93. The molecule has 0 saturated carbocycles. The quantitative estimate of drug-likeness (QED) is 0.746. The van der Waals surface area contributed by atoms with Crippen molar-refractivity contribution in [3.8, 4) is 5.88 Å². The van der Waals surface area contributed by atoms with Gasteiger partial charge in [0.15, 0.2) is 5.65 Å². The molecule has 9 heteroatoms. The second-order valence-electron chi connectivity index (χ2n) is 6.52. The highest BCUT2D eigenvalue weighted by atomic mass is 16.5. The van der Waals surface area contributed by atoms with Gasteiger partial charge in [-0.2, -0.15) is 4.98 Å². The van der Waals surface area contributed by atoms with Crippen molar-refractivity contribution in [3.63, 3.8) is 0 Å². The van der Waals surface area contributed by atoms with Crippen molar-refractivity contribution in [3.05, 3.63) is 34.5 Å². The third-order valence-corrected chi connectivity index (χ3v) is 4.83. The van der Waals surface area contributed by atoms with Crippen LogP contribution in [0.25, 0.3) is 11.2 Å². The van der Waals surface area contributed by atoms with Gasteiger partial charge in [-0.25, -0.2) is 14.8 Å². The van der Waals surface area contributed by atoms with Gasteiger partial charge in [-0.3, -0.25) is 9.13 Å². The fraction of sp³-hybridized carbons (Fsp3) is 0.444. The van der Waals surface area contributed by atoms with E-state index in [1.54, 1.807) is 29.3 Å². The normalized spacial score (nSPS) is 17.3. The number of fused-ring (bicyclic) bond motifs is 1. The van der Waals surface area contributed by atoms with Crippen molar-refractivity contribution in [2.24, 2.45) is 7.05 Å². The van der Waals surface area contributed by atoms with Crippen LogP contribution < -0.4 is 15.7 Å². The van der Waals surface area contributed by atoms with E-state index in [9.17, 15) is 4.79 Å². The summed E-state index contributed by atoms with van der Waals surface area (Å²) in [7, 11) is -0.863. The lowest BCUT2D eigenvalue weighted by Crippen LogP contribution is -2.30. The highest BCUT2D eigenvalue weighted by Crippen LogP contribution is 2.25. The molecule has 0 unspecified atom stereocenters. The molecule has 1 N–H and O–H groups in total. The molecular weight excluding hydrogens is 348 g/mol. The first-order valence-corrected chi connectivity index (χ1v) is 8.67. The van der Waals surface area contributed by atoms with E-state index in [1.807, 2.05) is 0 Å². The minimum absolute atomic E-state index is 0.00540. The zero-order chi connectivity index (χ0) is 21.5. The van der Waals surface area contributed by atoms with Crippen LogP contribution in [-0.4, -0.2) is 44.3 Å². The van der Waals surface area contributed by atoms with E-state index in [0.29, 0.717) is 41.6 Å². The van der Waals surface area contributed by atoms with Gasteiger partial charge in [-0.1, -0.05) is 0 Å². The third-order valence-electron chi connectivity index (χ3n) is 4.83. The molecule has 142 valence electrons. The number of rotatable bonds is 4. The molecule has 0 bridgehead atoms. The molecule has 27 heavy (non-hydrogen) atoms. The Morgan fingerprint density at radius 1 is 1.33 bits per heavy atom. The number of pyridine rings is 1. The fourth-order valence-electron chi connectivity index (χ4n) is 3.31. The zero-order valence-electron chi connectivity index (χ0n) is 18.1. The highest BCUT2D eigenvalue weighted by Gasteiger charge is 2.23. The minimum atomic E-state index is -2.57. The summed E-state index contributed by atoms with van der Waals surface area (Å²) in [6, 6.07) is 1.55. The first kappa shape index (κ1) is 14.2. The van der Waals surface area contributed by atoms with Crippen LogP contribution in [0.1, 0.15) is 28.6 Å². The van der Waals surface area contributed by atoms with E-state index in [0.717, 1.165) is 12.8 Å². The molecule has 0 amide bonds. The number of anilines is 2. The first-order chi connectivity index (χ1) is 14.2. The molecule has 1 aliphatic rings. The van der Waals surface area contributed by atoms with Gasteiger partial charge < -0.3 is 14.8 Å². The van der Waals surface area contributed by atoms with Crippen molar-refractivity contribution in [2.45, 2.75) is 25.8 Å². The van der Waals surface area contributed by atoms with Crippen LogP contribution in [0.5, 0.6) is 5.88 Å². The Balaban J connectivity index is 1.66. The van der Waals surface area contributed by atoms with Crippen LogP contribution in [0.3, 0.4) is 0 Å². The van der Waals surface area contributed by atoms with Crippen molar-refractivity contribution >= 4 is 22.8 Å². The molecule has 9 nitrogen and oxygen atoms in total. The first-order valence-electron chi connectivity index (χ1n) is 10.2. The molecule has 0 aromatic carbocycles. The summed E-state index contributed by atoms with van der Waals surface area (Å²) in [6.45, 7) is 3.01. The second-order valence-corrected chi connectivity index (χ2v) is 6.52. The van der Waals surface area contributed by atoms with Crippen molar-refractivity contribution in [2.75, 3.05) is 25.6 Å². The van der Waals surface area contributed by atoms with Gasteiger partial charge in [0, 0.05) is 32.4 Å². The molecule has 0 radical (unpaired) electrons. The monoisotopic (exact) mass is 373 g/mol. The van der Waals surface area contributed by atoms with Crippen LogP contribution in [-0.2, 0) is 11.8 Å². The summed E-state index contributed by atoms with van der Waals surface area (Å²) >= 11 is 0. The summed E-state index contributed by atoms with van der Waals surface area (Å²) < 4.78 is 35.0. The zero-order valence-corrected chi connectivity index (χ0v) is 15.1. The number of aromatic nitrogens is 5. The Kier molecular flexibility index (Phi) is 3.67. The Morgan fingerprint density at radius 2 is 2.15 bits per heavy atom. The van der Waals surface area contributed by atoms with Crippen LogP contribution in [0, 0.1) is 6.92 Å². The summed E-state index contributed by atoms with van der Waals surface area (Å²) in [6.07, 6.45) is 4.57. The predicted molar refractivity (Wildman–Crippen MR) is 101 cm³/mol. The van der Waals surface area contributed by atoms with Crippen LogP contribution in [0.15, 0.2) is 23.3 Å². The molecule has 1 fully saturated rings. The van der Waals surface area contributed by atoms with Gasteiger partial charge in [0.25, 0.3) is 0 Å². The maximum Gasteiger partial charge on any atom is 0.330 e. The topological polar surface area (TPSA) is 96.1 Å². The number of nitrogens with one attached hydrogen (secondary N) is 1. The van der Waals surface area contributed by atoms with E-state index in [4.69, 9.17) is 13.6 Å². The maximum atomic E-state index is 12.8. The SMILES string of the molecule is [2H]C([2H])([2H])Oc1cc(C)c(Nc2ncc3c(n2)n(C2CCOCC2)c(=O)n3C)cn1. The van der Waals surface area contributed by atoms with E-state index >= 15 is 0 Å². The lowest BCUT2D eigenvalue weighted by molar-refractivity contribution is 0.0695. The smallest absolute Gasteiger partial charge is 0.330 e. The summed E-state index contributed by atoms with van der Waals surface area (Å²) in [4.78, 5) is 25.7. The number of hydrogen-bond donors (Lipinski definition) is 1. The molecule has 3 aromatic heterocycles. The third kappa shape index (κ3) is 3.14. The van der Waals surface area contributed by atoms with Crippen molar-refractivity contribution in [1.29, 1.82) is 0 Å². The minimum Gasteiger partial charge on any atom is -0.481 e. The van der Waals surface area contributed by atoms with Gasteiger partial charge in [0.05, 0.1) is 29.2 Å². The van der Waals surface area contributed by atoms with E-state index < -0.39 is 7.04 Å². The van der Waals surface area contributed by atoms with Gasteiger partial charge in [0.2, 0.25) is 11.8 Å². The Labute approximate surface area is 160 Å². The number of hydrogen-bond acceptors (Lipinski definition) is 7. The molecular formula is C18H22N6O3. The van der Waals surface area contributed by atoms with Gasteiger partial charge in [-0.15, -0.1) is 0 Å². The van der Waals surface area contributed by atoms with E-state index in [2.05, 4.69) is 20.3 Å². The molecule has 0 spiro atoms. The van der Waals surface area contributed by atoms with Crippen molar-refractivity contribution in [1.82, 2.24) is 24.1 Å². The lowest BCUT2D eigenvalue weighted by Gasteiger charge is -2.22. The van der Waals surface area contributed by atoms with Gasteiger partial charge >= 0.3 is 5.69 Å². The van der Waals surface area contributed by atoms with Crippen LogP contribution in [0.2, 0.25) is 0 Å². The van der Waals surface area contributed by atoms with E-state index in [1.165, 1.54) is 12.3 Å². The van der Waals surface area contributed by atoms with Crippen LogP contribution >= 0.6 is 0 Å². The Bertz CT molecular complexity index is 1130. The summed E-state index contributed by atoms with van der Waals surface area (Å²) in [5, 5.41) is 3.08. The predicted octanol–water partition coefficient (Wildman–Crippen LogP) is 1.94. The fourth-order valence-corrected chi connectivity index (χ4v) is 3.31. The molecule has 4 rings (SSSR count).